The van der Waals surface area contributed by atoms with Gasteiger partial charge in [-0.3, -0.25) is 0 Å². The van der Waals surface area contributed by atoms with E-state index in [0.29, 0.717) is 15.1 Å². The predicted octanol–water partition coefficient (Wildman–Crippen LogP) is 6.53. The van der Waals surface area contributed by atoms with E-state index in [0.717, 1.165) is 16.5 Å². The summed E-state index contributed by atoms with van der Waals surface area (Å²) in [4.78, 5) is 0. The second-order valence-corrected chi connectivity index (χ2v) is 6.05. The quantitative estimate of drug-likeness (QED) is 0.479. The average molecular weight is 314 g/mol. The van der Waals surface area contributed by atoms with Crippen LogP contribution in [0.2, 0.25) is 15.1 Å². The van der Waals surface area contributed by atoms with Crippen molar-refractivity contribution in [3.05, 3.63) is 56.8 Å². The molecular weight excluding hydrogens is 307 g/mol. The second kappa shape index (κ2) is 4.75. The zero-order valence-electron chi connectivity index (χ0n) is 9.08. The number of halogens is 3. The first-order valence-electron chi connectivity index (χ1n) is 5.28. The van der Waals surface area contributed by atoms with Crippen LogP contribution in [0, 0.1) is 0 Å². The Morgan fingerprint density at radius 1 is 0.889 bits per heavy atom. The van der Waals surface area contributed by atoms with E-state index >= 15 is 0 Å². The van der Waals surface area contributed by atoms with Gasteiger partial charge in [0, 0.05) is 36.3 Å². The highest BCUT2D eigenvalue weighted by Crippen LogP contribution is 2.41. The molecule has 0 aliphatic carbocycles. The van der Waals surface area contributed by atoms with Crippen LogP contribution < -0.4 is 0 Å². The van der Waals surface area contributed by atoms with E-state index in [9.17, 15) is 0 Å². The van der Waals surface area contributed by atoms with Gasteiger partial charge in [0.2, 0.25) is 0 Å². The molecule has 0 saturated carbocycles. The minimum atomic E-state index is 0.655. The van der Waals surface area contributed by atoms with Crippen LogP contribution >= 0.6 is 46.1 Å². The maximum Gasteiger partial charge on any atom is 0.0499 e. The van der Waals surface area contributed by atoms with E-state index in [4.69, 9.17) is 34.8 Å². The van der Waals surface area contributed by atoms with Crippen LogP contribution in [0.25, 0.3) is 21.2 Å². The molecule has 0 nitrogen and oxygen atoms in total. The first-order chi connectivity index (χ1) is 8.66. The predicted molar refractivity (Wildman–Crippen MR) is 82.3 cm³/mol. The first-order valence-corrected chi connectivity index (χ1v) is 7.29. The van der Waals surface area contributed by atoms with E-state index in [2.05, 4.69) is 5.38 Å². The summed E-state index contributed by atoms with van der Waals surface area (Å²) in [5.41, 5.74) is 1.91. The number of rotatable bonds is 1. The Morgan fingerprint density at radius 3 is 2.33 bits per heavy atom. The maximum absolute atomic E-state index is 6.25. The Labute approximate surface area is 124 Å². The highest BCUT2D eigenvalue weighted by Gasteiger charge is 2.13. The molecule has 1 heterocycles. The summed E-state index contributed by atoms with van der Waals surface area (Å²) in [5, 5.41) is 5.17. The van der Waals surface area contributed by atoms with Gasteiger partial charge in [0.15, 0.2) is 0 Å². The van der Waals surface area contributed by atoms with Crippen molar-refractivity contribution >= 4 is 56.2 Å². The molecule has 1 aromatic heterocycles. The SMILES string of the molecule is Clc1ccc2scc(-c3c(Cl)cccc3Cl)c2c1. The van der Waals surface area contributed by atoms with Crippen molar-refractivity contribution in [2.45, 2.75) is 0 Å². The molecule has 0 saturated heterocycles. The summed E-state index contributed by atoms with van der Waals surface area (Å²) in [6.07, 6.45) is 0. The Morgan fingerprint density at radius 2 is 1.61 bits per heavy atom. The number of fused-ring (bicyclic) bond motifs is 1. The molecule has 0 aliphatic rings. The fraction of sp³-hybridized carbons (Fsp3) is 0. The largest absolute Gasteiger partial charge is 0.143 e. The molecule has 0 unspecified atom stereocenters. The molecule has 0 spiro atoms. The lowest BCUT2D eigenvalue weighted by Crippen LogP contribution is -1.80. The smallest absolute Gasteiger partial charge is 0.0499 e. The molecule has 0 aliphatic heterocycles. The first kappa shape index (κ1) is 12.3. The van der Waals surface area contributed by atoms with Gasteiger partial charge in [-0.15, -0.1) is 11.3 Å². The number of hydrogen-bond donors (Lipinski definition) is 0. The molecule has 3 aromatic rings. The Kier molecular flexibility index (Phi) is 3.25. The second-order valence-electron chi connectivity index (χ2n) is 3.89. The zero-order chi connectivity index (χ0) is 12.7. The van der Waals surface area contributed by atoms with Gasteiger partial charge in [-0.2, -0.15) is 0 Å². The van der Waals surface area contributed by atoms with Crippen LogP contribution in [-0.4, -0.2) is 0 Å². The van der Waals surface area contributed by atoms with E-state index in [1.807, 2.05) is 36.4 Å². The monoisotopic (exact) mass is 312 g/mol. The third-order valence-corrected chi connectivity index (χ3v) is 4.60. The van der Waals surface area contributed by atoms with Gasteiger partial charge in [0.1, 0.15) is 0 Å². The van der Waals surface area contributed by atoms with Crippen molar-refractivity contribution < 1.29 is 0 Å². The third kappa shape index (κ3) is 2.02. The minimum absolute atomic E-state index is 0.655. The Balaban J connectivity index is 2.35. The lowest BCUT2D eigenvalue weighted by molar-refractivity contribution is 1.68. The molecule has 0 N–H and O–H groups in total. The summed E-state index contributed by atoms with van der Waals surface area (Å²) < 4.78 is 1.17. The normalized spacial score (nSPS) is 11.1. The molecule has 0 radical (unpaired) electrons. The summed E-state index contributed by atoms with van der Waals surface area (Å²) in [7, 11) is 0. The Bertz CT molecular complexity index is 711. The highest BCUT2D eigenvalue weighted by atomic mass is 35.5. The van der Waals surface area contributed by atoms with Crippen LogP contribution in [0.1, 0.15) is 0 Å². The molecule has 3 rings (SSSR count). The van der Waals surface area contributed by atoms with Crippen LogP contribution in [0.4, 0.5) is 0 Å². The average Bonchev–Trinajstić information content (AvgIpc) is 2.72. The molecule has 0 atom stereocenters. The standard InChI is InChI=1S/C14H7Cl3S/c15-8-4-5-13-9(6-8)10(7-18-13)14-11(16)2-1-3-12(14)17/h1-7H. The van der Waals surface area contributed by atoms with Gasteiger partial charge in [-0.1, -0.05) is 40.9 Å². The van der Waals surface area contributed by atoms with Gasteiger partial charge in [0.25, 0.3) is 0 Å². The van der Waals surface area contributed by atoms with Crippen LogP contribution in [0.15, 0.2) is 41.8 Å². The third-order valence-electron chi connectivity index (χ3n) is 2.77. The van der Waals surface area contributed by atoms with E-state index < -0.39 is 0 Å². The van der Waals surface area contributed by atoms with Crippen molar-refractivity contribution in [2.75, 3.05) is 0 Å². The minimum Gasteiger partial charge on any atom is -0.143 e. The van der Waals surface area contributed by atoms with E-state index in [1.165, 1.54) is 4.70 Å². The van der Waals surface area contributed by atoms with Crippen LogP contribution in [0.3, 0.4) is 0 Å². The fourth-order valence-electron chi connectivity index (χ4n) is 1.95. The summed E-state index contributed by atoms with van der Waals surface area (Å²) in [6, 6.07) is 11.4. The lowest BCUT2D eigenvalue weighted by Gasteiger charge is -2.05. The number of thiophene rings is 1. The molecule has 2 aromatic carbocycles. The maximum atomic E-state index is 6.25. The summed E-state index contributed by atoms with van der Waals surface area (Å²) in [6.45, 7) is 0. The van der Waals surface area contributed by atoms with Gasteiger partial charge < -0.3 is 0 Å². The number of benzene rings is 2. The molecule has 0 bridgehead atoms. The van der Waals surface area contributed by atoms with Crippen LogP contribution in [0.5, 0.6) is 0 Å². The zero-order valence-corrected chi connectivity index (χ0v) is 12.2. The summed E-state index contributed by atoms with van der Waals surface area (Å²) in [5.74, 6) is 0. The lowest BCUT2D eigenvalue weighted by atomic mass is 10.0. The van der Waals surface area contributed by atoms with E-state index in [-0.39, 0.29) is 0 Å². The van der Waals surface area contributed by atoms with Crippen molar-refractivity contribution in [2.24, 2.45) is 0 Å². The van der Waals surface area contributed by atoms with Crippen molar-refractivity contribution in [3.8, 4) is 11.1 Å². The molecular formula is C14H7Cl3S. The summed E-state index contributed by atoms with van der Waals surface area (Å²) >= 11 is 20.2. The molecule has 4 heteroatoms. The van der Waals surface area contributed by atoms with Gasteiger partial charge in [-0.05, 0) is 35.7 Å². The van der Waals surface area contributed by atoms with Crippen molar-refractivity contribution in [3.63, 3.8) is 0 Å². The van der Waals surface area contributed by atoms with Crippen molar-refractivity contribution in [1.82, 2.24) is 0 Å². The molecule has 90 valence electrons. The topological polar surface area (TPSA) is 0 Å². The molecule has 0 amide bonds. The van der Waals surface area contributed by atoms with Gasteiger partial charge >= 0.3 is 0 Å². The Hall–Kier alpha value is -0.730. The van der Waals surface area contributed by atoms with E-state index in [1.54, 1.807) is 11.3 Å². The van der Waals surface area contributed by atoms with Crippen molar-refractivity contribution in [1.29, 1.82) is 0 Å². The number of hydrogen-bond acceptors (Lipinski definition) is 1. The van der Waals surface area contributed by atoms with Gasteiger partial charge in [0.05, 0.1) is 0 Å². The highest BCUT2D eigenvalue weighted by molar-refractivity contribution is 7.17. The van der Waals surface area contributed by atoms with Gasteiger partial charge in [-0.25, -0.2) is 0 Å². The fourth-order valence-corrected chi connectivity index (χ4v) is 3.66. The molecule has 0 fully saturated rings. The van der Waals surface area contributed by atoms with Crippen LogP contribution in [-0.2, 0) is 0 Å². The molecule has 18 heavy (non-hydrogen) atoms.